The summed E-state index contributed by atoms with van der Waals surface area (Å²) in [6.07, 6.45) is 1.33. The summed E-state index contributed by atoms with van der Waals surface area (Å²) in [5.74, 6) is -0.0493. The number of aryl methyl sites for hydroxylation is 1. The number of para-hydroxylation sites is 1. The lowest BCUT2D eigenvalue weighted by atomic mass is 10.2. The Morgan fingerprint density at radius 2 is 2.00 bits per heavy atom. The van der Waals surface area contributed by atoms with E-state index >= 15 is 0 Å². The Morgan fingerprint density at radius 1 is 1.19 bits per heavy atom. The molecule has 3 aromatic rings. The van der Waals surface area contributed by atoms with Crippen LogP contribution in [-0.4, -0.2) is 25.9 Å². The van der Waals surface area contributed by atoms with Gasteiger partial charge in [-0.3, -0.25) is 0 Å². The van der Waals surface area contributed by atoms with E-state index in [2.05, 4.69) is 25.3 Å². The summed E-state index contributed by atoms with van der Waals surface area (Å²) in [6, 6.07) is 10.7. The average Bonchev–Trinajstić information content (AvgIpc) is 2.62. The molecule has 0 aliphatic rings. The lowest BCUT2D eigenvalue weighted by Crippen LogP contribution is -2.11. The first-order valence-corrected chi connectivity index (χ1v) is 8.01. The molecule has 0 amide bonds. The fraction of sp³-hybridized carbons (Fsp3) is 0.118. The number of nitrogens with two attached hydrogens (primary N) is 1. The van der Waals surface area contributed by atoms with Crippen LogP contribution in [0.4, 0.5) is 17.6 Å². The third-order valence-corrected chi connectivity index (χ3v) is 3.61. The molecule has 0 saturated heterocycles. The number of rotatable bonds is 5. The summed E-state index contributed by atoms with van der Waals surface area (Å²) < 4.78 is 5.18. The van der Waals surface area contributed by atoms with Gasteiger partial charge >= 0.3 is 5.97 Å². The number of aromatic nitrogens is 4. The van der Waals surface area contributed by atoms with Gasteiger partial charge in [0.25, 0.3) is 0 Å². The lowest BCUT2D eigenvalue weighted by Gasteiger charge is -2.09. The number of hydrogen-bond acceptors (Lipinski definition) is 8. The lowest BCUT2D eigenvalue weighted by molar-refractivity contribution is 0.0461. The Bertz CT molecular complexity index is 933. The van der Waals surface area contributed by atoms with Gasteiger partial charge in [0, 0.05) is 11.9 Å². The quantitative estimate of drug-likeness (QED) is 0.520. The number of carbonyl (C=O) groups is 1. The van der Waals surface area contributed by atoms with E-state index in [9.17, 15) is 4.79 Å². The predicted octanol–water partition coefficient (Wildman–Crippen LogP) is 2.91. The molecule has 0 aliphatic carbocycles. The van der Waals surface area contributed by atoms with Gasteiger partial charge in [0.15, 0.2) is 12.4 Å². The van der Waals surface area contributed by atoms with Gasteiger partial charge < -0.3 is 15.8 Å². The summed E-state index contributed by atoms with van der Waals surface area (Å²) in [6.45, 7) is 1.80. The Morgan fingerprint density at radius 3 is 2.73 bits per heavy atom. The van der Waals surface area contributed by atoms with E-state index in [1.165, 1.54) is 18.3 Å². The summed E-state index contributed by atoms with van der Waals surface area (Å²) in [4.78, 5) is 28.1. The number of nitrogens with zero attached hydrogens (tertiary/aromatic N) is 4. The third kappa shape index (κ3) is 4.42. The minimum absolute atomic E-state index is 0.0234. The first kappa shape index (κ1) is 17.6. The van der Waals surface area contributed by atoms with Crippen molar-refractivity contribution in [2.75, 3.05) is 11.1 Å². The van der Waals surface area contributed by atoms with Crippen molar-refractivity contribution < 1.29 is 9.53 Å². The molecule has 0 aliphatic heterocycles. The molecule has 0 radical (unpaired) electrons. The van der Waals surface area contributed by atoms with Crippen LogP contribution in [0, 0.1) is 6.92 Å². The summed E-state index contributed by atoms with van der Waals surface area (Å²) in [5.41, 5.74) is 7.85. The molecule has 0 fully saturated rings. The van der Waals surface area contributed by atoms with Gasteiger partial charge in [-0.2, -0.15) is 15.0 Å². The molecule has 2 heterocycles. The molecule has 3 rings (SSSR count). The van der Waals surface area contributed by atoms with E-state index < -0.39 is 5.97 Å². The van der Waals surface area contributed by atoms with Crippen LogP contribution >= 0.6 is 11.6 Å². The molecule has 0 bridgehead atoms. The normalized spacial score (nSPS) is 10.4. The van der Waals surface area contributed by atoms with E-state index in [4.69, 9.17) is 22.1 Å². The van der Waals surface area contributed by atoms with Crippen LogP contribution in [0.2, 0.25) is 5.15 Å². The maximum atomic E-state index is 12.0. The first-order valence-electron chi connectivity index (χ1n) is 7.63. The number of esters is 1. The molecule has 0 atom stereocenters. The Labute approximate surface area is 154 Å². The summed E-state index contributed by atoms with van der Waals surface area (Å²) >= 11 is 5.69. The summed E-state index contributed by atoms with van der Waals surface area (Å²) in [5, 5.41) is 3.36. The number of carbonyl (C=O) groups excluding carboxylic acids is 1. The highest BCUT2D eigenvalue weighted by Gasteiger charge is 2.11. The molecular weight excluding hydrogens is 356 g/mol. The second-order valence-corrected chi connectivity index (χ2v) is 5.71. The highest BCUT2D eigenvalue weighted by atomic mass is 35.5. The monoisotopic (exact) mass is 370 g/mol. The molecule has 9 heteroatoms. The van der Waals surface area contributed by atoms with Gasteiger partial charge in [0.1, 0.15) is 5.15 Å². The van der Waals surface area contributed by atoms with E-state index in [0.29, 0.717) is 5.15 Å². The third-order valence-electron chi connectivity index (χ3n) is 3.39. The highest BCUT2D eigenvalue weighted by molar-refractivity contribution is 6.29. The number of hydrogen-bond donors (Lipinski definition) is 2. The maximum Gasteiger partial charge on any atom is 0.340 e. The van der Waals surface area contributed by atoms with E-state index in [0.717, 1.165) is 11.3 Å². The van der Waals surface area contributed by atoms with Crippen LogP contribution in [0.25, 0.3) is 0 Å². The van der Waals surface area contributed by atoms with Crippen LogP contribution in [0.1, 0.15) is 21.7 Å². The SMILES string of the molecule is Cc1ccccc1Nc1nc(N)nc(COC(=O)c2ccc(Cl)nc2)n1. The molecule has 8 nitrogen and oxygen atoms in total. The molecule has 0 unspecified atom stereocenters. The van der Waals surface area contributed by atoms with Crippen molar-refractivity contribution in [3.05, 3.63) is 64.7 Å². The Hall–Kier alpha value is -3.26. The van der Waals surface area contributed by atoms with E-state index in [1.54, 1.807) is 0 Å². The number of pyridine rings is 1. The van der Waals surface area contributed by atoms with Crippen LogP contribution in [-0.2, 0) is 11.3 Å². The predicted molar refractivity (Wildman–Crippen MR) is 97.1 cm³/mol. The fourth-order valence-corrected chi connectivity index (χ4v) is 2.21. The number of halogens is 1. The van der Waals surface area contributed by atoms with Crippen LogP contribution in [0.3, 0.4) is 0 Å². The molecule has 0 spiro atoms. The van der Waals surface area contributed by atoms with Crippen molar-refractivity contribution in [3.8, 4) is 0 Å². The van der Waals surface area contributed by atoms with Gasteiger partial charge in [-0.05, 0) is 30.7 Å². The second-order valence-electron chi connectivity index (χ2n) is 5.32. The number of anilines is 3. The molecule has 132 valence electrons. The van der Waals surface area contributed by atoms with Crippen molar-refractivity contribution in [2.45, 2.75) is 13.5 Å². The topological polar surface area (TPSA) is 116 Å². The number of ether oxygens (including phenoxy) is 1. The van der Waals surface area contributed by atoms with Gasteiger partial charge in [0.05, 0.1) is 5.56 Å². The smallest absolute Gasteiger partial charge is 0.340 e. The van der Waals surface area contributed by atoms with E-state index in [1.807, 2.05) is 31.2 Å². The fourth-order valence-electron chi connectivity index (χ4n) is 2.10. The van der Waals surface area contributed by atoms with Crippen LogP contribution < -0.4 is 11.1 Å². The van der Waals surface area contributed by atoms with Gasteiger partial charge in [-0.25, -0.2) is 9.78 Å². The van der Waals surface area contributed by atoms with Gasteiger partial charge in [-0.15, -0.1) is 0 Å². The Balaban J connectivity index is 1.70. The second kappa shape index (κ2) is 7.75. The van der Waals surface area contributed by atoms with Gasteiger partial charge in [0.2, 0.25) is 11.9 Å². The number of benzene rings is 1. The van der Waals surface area contributed by atoms with Crippen LogP contribution in [0.5, 0.6) is 0 Å². The van der Waals surface area contributed by atoms with Crippen molar-refractivity contribution in [3.63, 3.8) is 0 Å². The zero-order chi connectivity index (χ0) is 18.5. The van der Waals surface area contributed by atoms with Crippen molar-refractivity contribution in [1.29, 1.82) is 0 Å². The Kier molecular flexibility index (Phi) is 5.23. The van der Waals surface area contributed by atoms with Crippen LogP contribution in [0.15, 0.2) is 42.6 Å². The van der Waals surface area contributed by atoms with Crippen molar-refractivity contribution >= 4 is 35.2 Å². The standard InChI is InChI=1S/C17H15ClN6O2/c1-10-4-2-3-5-12(10)21-17-23-14(22-16(19)24-17)9-26-15(25)11-6-7-13(18)20-8-11/h2-8H,9H2,1H3,(H3,19,21,22,23,24). The largest absolute Gasteiger partial charge is 0.454 e. The minimum Gasteiger partial charge on any atom is -0.454 e. The maximum absolute atomic E-state index is 12.0. The molecular formula is C17H15ClN6O2. The molecule has 26 heavy (non-hydrogen) atoms. The zero-order valence-electron chi connectivity index (χ0n) is 13.8. The summed E-state index contributed by atoms with van der Waals surface area (Å²) in [7, 11) is 0. The number of nitrogen functional groups attached to an aromatic ring is 1. The highest BCUT2D eigenvalue weighted by Crippen LogP contribution is 2.18. The van der Waals surface area contributed by atoms with Gasteiger partial charge in [-0.1, -0.05) is 29.8 Å². The zero-order valence-corrected chi connectivity index (χ0v) is 14.6. The van der Waals surface area contributed by atoms with Crippen molar-refractivity contribution in [2.24, 2.45) is 0 Å². The average molecular weight is 371 g/mol. The first-order chi connectivity index (χ1) is 12.5. The minimum atomic E-state index is -0.568. The molecule has 3 N–H and O–H groups in total. The molecule has 1 aromatic carbocycles. The number of nitrogens with one attached hydrogen (secondary N) is 1. The van der Waals surface area contributed by atoms with Crippen molar-refractivity contribution in [1.82, 2.24) is 19.9 Å². The van der Waals surface area contributed by atoms with E-state index in [-0.39, 0.29) is 29.9 Å². The molecule has 2 aromatic heterocycles. The molecule has 0 saturated carbocycles.